The molecule has 0 atom stereocenters. The van der Waals surface area contributed by atoms with E-state index in [0.29, 0.717) is 17.0 Å². The third kappa shape index (κ3) is 3.73. The first-order valence-electron chi connectivity index (χ1n) is 6.82. The van der Waals surface area contributed by atoms with Crippen LogP contribution in [0.15, 0.2) is 6.20 Å². The maximum atomic E-state index is 6.14. The molecule has 1 aliphatic rings. The summed E-state index contributed by atoms with van der Waals surface area (Å²) in [6, 6.07) is 0.495. The second-order valence-corrected chi connectivity index (χ2v) is 5.16. The summed E-state index contributed by atoms with van der Waals surface area (Å²) in [5.41, 5.74) is 0. The van der Waals surface area contributed by atoms with E-state index in [9.17, 15) is 0 Å². The van der Waals surface area contributed by atoms with Gasteiger partial charge in [0.15, 0.2) is 5.82 Å². The first-order valence-corrected chi connectivity index (χ1v) is 7.20. The van der Waals surface area contributed by atoms with E-state index in [-0.39, 0.29) is 0 Å². The van der Waals surface area contributed by atoms with Crippen molar-refractivity contribution in [2.75, 3.05) is 17.2 Å². The summed E-state index contributed by atoms with van der Waals surface area (Å²) in [6.45, 7) is 2.83. The number of nitrogens with zero attached hydrogens (tertiary/aromatic N) is 2. The highest BCUT2D eigenvalue weighted by molar-refractivity contribution is 6.32. The molecule has 0 spiro atoms. The minimum atomic E-state index is 0.495. The number of nitrogens with one attached hydrogen (secondary N) is 2. The smallest absolute Gasteiger partial charge is 0.224 e. The van der Waals surface area contributed by atoms with Gasteiger partial charge in [0.1, 0.15) is 5.02 Å². The summed E-state index contributed by atoms with van der Waals surface area (Å²) in [6.07, 6.45) is 9.34. The van der Waals surface area contributed by atoms with Gasteiger partial charge in [-0.3, -0.25) is 0 Å². The number of hydrogen-bond acceptors (Lipinski definition) is 4. The van der Waals surface area contributed by atoms with Crippen molar-refractivity contribution in [1.29, 1.82) is 0 Å². The van der Waals surface area contributed by atoms with Gasteiger partial charge in [-0.1, -0.05) is 37.3 Å². The molecule has 0 radical (unpaired) electrons. The Bertz CT molecular complexity index is 375. The first-order chi connectivity index (χ1) is 8.79. The second kappa shape index (κ2) is 6.78. The van der Waals surface area contributed by atoms with Gasteiger partial charge < -0.3 is 10.6 Å². The molecular weight excluding hydrogens is 248 g/mol. The van der Waals surface area contributed by atoms with Crippen molar-refractivity contribution in [2.24, 2.45) is 0 Å². The Hall–Kier alpha value is -1.03. The van der Waals surface area contributed by atoms with Gasteiger partial charge in [0.05, 0.1) is 6.20 Å². The van der Waals surface area contributed by atoms with E-state index >= 15 is 0 Å². The third-order valence-corrected chi connectivity index (χ3v) is 3.55. The Kier molecular flexibility index (Phi) is 5.05. The van der Waals surface area contributed by atoms with E-state index in [0.717, 1.165) is 12.4 Å². The lowest BCUT2D eigenvalue weighted by atomic mass is 10.1. The summed E-state index contributed by atoms with van der Waals surface area (Å²) in [4.78, 5) is 8.57. The van der Waals surface area contributed by atoms with E-state index in [1.165, 1.54) is 38.5 Å². The second-order valence-electron chi connectivity index (χ2n) is 4.75. The lowest BCUT2D eigenvalue weighted by Crippen LogP contribution is -2.20. The quantitative estimate of drug-likeness (QED) is 0.818. The van der Waals surface area contributed by atoms with Crippen molar-refractivity contribution in [2.45, 2.75) is 51.5 Å². The molecule has 0 amide bonds. The van der Waals surface area contributed by atoms with Crippen LogP contribution in [0.1, 0.15) is 45.4 Å². The molecule has 0 unspecified atom stereocenters. The fourth-order valence-corrected chi connectivity index (χ4v) is 2.47. The number of halogens is 1. The summed E-state index contributed by atoms with van der Waals surface area (Å²) in [7, 11) is 0. The Morgan fingerprint density at radius 2 is 2.00 bits per heavy atom. The molecule has 1 fully saturated rings. The predicted molar refractivity (Wildman–Crippen MR) is 76.3 cm³/mol. The van der Waals surface area contributed by atoms with Crippen LogP contribution < -0.4 is 10.6 Å². The normalized spacial score (nSPS) is 17.2. The SMILES string of the molecule is CCNc1ncc(Cl)c(NC2CCCCCC2)n1. The molecule has 5 heteroatoms. The van der Waals surface area contributed by atoms with Gasteiger partial charge in [-0.05, 0) is 19.8 Å². The van der Waals surface area contributed by atoms with Gasteiger partial charge in [-0.2, -0.15) is 4.98 Å². The van der Waals surface area contributed by atoms with Crippen LogP contribution in [-0.2, 0) is 0 Å². The number of anilines is 2. The van der Waals surface area contributed by atoms with E-state index in [2.05, 4.69) is 20.6 Å². The van der Waals surface area contributed by atoms with Crippen LogP contribution in [-0.4, -0.2) is 22.6 Å². The zero-order chi connectivity index (χ0) is 12.8. The highest BCUT2D eigenvalue weighted by Crippen LogP contribution is 2.24. The monoisotopic (exact) mass is 268 g/mol. The van der Waals surface area contributed by atoms with Gasteiger partial charge in [-0.15, -0.1) is 0 Å². The highest BCUT2D eigenvalue weighted by Gasteiger charge is 2.14. The molecule has 2 N–H and O–H groups in total. The van der Waals surface area contributed by atoms with E-state index in [1.54, 1.807) is 6.20 Å². The van der Waals surface area contributed by atoms with Crippen LogP contribution in [0.2, 0.25) is 5.02 Å². The summed E-state index contributed by atoms with van der Waals surface area (Å²) in [5.74, 6) is 1.40. The first kappa shape index (κ1) is 13.4. The average molecular weight is 269 g/mol. The number of aromatic nitrogens is 2. The predicted octanol–water partition coefficient (Wildman–Crippen LogP) is 3.70. The Morgan fingerprint density at radius 3 is 2.67 bits per heavy atom. The average Bonchev–Trinajstić information content (AvgIpc) is 2.62. The van der Waals surface area contributed by atoms with Crippen LogP contribution in [0, 0.1) is 0 Å². The lowest BCUT2D eigenvalue weighted by molar-refractivity contribution is 0.617. The van der Waals surface area contributed by atoms with Crippen molar-refractivity contribution in [1.82, 2.24) is 9.97 Å². The topological polar surface area (TPSA) is 49.8 Å². The maximum absolute atomic E-state index is 6.14. The van der Waals surface area contributed by atoms with Gasteiger partial charge in [0.2, 0.25) is 5.95 Å². The fourth-order valence-electron chi connectivity index (χ4n) is 2.33. The third-order valence-electron chi connectivity index (χ3n) is 3.28. The lowest BCUT2D eigenvalue weighted by Gasteiger charge is -2.18. The molecule has 0 aromatic carbocycles. The molecule has 1 saturated carbocycles. The molecule has 0 aliphatic heterocycles. The molecule has 1 aromatic rings. The van der Waals surface area contributed by atoms with Crippen LogP contribution in [0.25, 0.3) is 0 Å². The molecule has 18 heavy (non-hydrogen) atoms. The molecule has 100 valence electrons. The van der Waals surface area contributed by atoms with E-state index in [4.69, 9.17) is 11.6 Å². The van der Waals surface area contributed by atoms with Crippen molar-refractivity contribution in [3.8, 4) is 0 Å². The zero-order valence-corrected chi connectivity index (χ0v) is 11.6. The van der Waals surface area contributed by atoms with Gasteiger partial charge >= 0.3 is 0 Å². The minimum absolute atomic E-state index is 0.495. The van der Waals surface area contributed by atoms with Crippen molar-refractivity contribution >= 4 is 23.4 Å². The minimum Gasteiger partial charge on any atom is -0.366 e. The molecular formula is C13H21ClN4. The molecule has 2 rings (SSSR count). The summed E-state index contributed by atoms with van der Waals surface area (Å²) >= 11 is 6.14. The van der Waals surface area contributed by atoms with Crippen LogP contribution in [0.5, 0.6) is 0 Å². The van der Waals surface area contributed by atoms with Gasteiger partial charge in [0.25, 0.3) is 0 Å². The Labute approximate surface area is 114 Å². The largest absolute Gasteiger partial charge is 0.366 e. The van der Waals surface area contributed by atoms with Gasteiger partial charge in [0, 0.05) is 12.6 Å². The molecule has 1 aliphatic carbocycles. The highest BCUT2D eigenvalue weighted by atomic mass is 35.5. The molecule has 0 bridgehead atoms. The summed E-state index contributed by atoms with van der Waals surface area (Å²) in [5, 5.41) is 7.17. The van der Waals surface area contributed by atoms with Gasteiger partial charge in [-0.25, -0.2) is 4.98 Å². The molecule has 0 saturated heterocycles. The fraction of sp³-hybridized carbons (Fsp3) is 0.692. The molecule has 1 heterocycles. The maximum Gasteiger partial charge on any atom is 0.224 e. The number of rotatable bonds is 4. The Morgan fingerprint density at radius 1 is 1.28 bits per heavy atom. The molecule has 1 aromatic heterocycles. The van der Waals surface area contributed by atoms with Crippen molar-refractivity contribution in [3.05, 3.63) is 11.2 Å². The Balaban J connectivity index is 2.04. The van der Waals surface area contributed by atoms with Crippen molar-refractivity contribution in [3.63, 3.8) is 0 Å². The van der Waals surface area contributed by atoms with E-state index < -0.39 is 0 Å². The van der Waals surface area contributed by atoms with Crippen LogP contribution in [0.3, 0.4) is 0 Å². The number of hydrogen-bond donors (Lipinski definition) is 2. The zero-order valence-electron chi connectivity index (χ0n) is 10.9. The van der Waals surface area contributed by atoms with Crippen LogP contribution in [0.4, 0.5) is 11.8 Å². The van der Waals surface area contributed by atoms with Crippen LogP contribution >= 0.6 is 11.6 Å². The summed E-state index contributed by atoms with van der Waals surface area (Å²) < 4.78 is 0. The van der Waals surface area contributed by atoms with Crippen molar-refractivity contribution < 1.29 is 0 Å². The van der Waals surface area contributed by atoms with E-state index in [1.807, 2.05) is 6.92 Å². The standard InChI is InChI=1S/C13H21ClN4/c1-2-15-13-16-9-11(14)12(18-13)17-10-7-5-3-4-6-8-10/h9-10H,2-8H2,1H3,(H2,15,16,17,18). The molecule has 4 nitrogen and oxygen atoms in total.